The summed E-state index contributed by atoms with van der Waals surface area (Å²) in [5.41, 5.74) is 5.24. The first-order chi connectivity index (χ1) is 7.65. The highest BCUT2D eigenvalue weighted by atomic mass is 79.9. The Morgan fingerprint density at radius 3 is 2.81 bits per heavy atom. The Morgan fingerprint density at radius 1 is 1.56 bits per heavy atom. The summed E-state index contributed by atoms with van der Waals surface area (Å²) in [7, 11) is 1.75. The molecule has 0 aliphatic rings. The number of likely N-dealkylation sites (N-methyl/N-ethyl adjacent to an activating group) is 1. The van der Waals surface area contributed by atoms with E-state index in [4.69, 9.17) is 5.73 Å². The van der Waals surface area contributed by atoms with Crippen LogP contribution in [0.3, 0.4) is 0 Å². The number of nitrogens with two attached hydrogens (primary N) is 1. The van der Waals surface area contributed by atoms with Gasteiger partial charge < -0.3 is 11.1 Å². The summed E-state index contributed by atoms with van der Waals surface area (Å²) in [5, 5.41) is 2.90. The molecule has 0 spiro atoms. The minimum Gasteiger partial charge on any atom is -0.368 e. The number of carbonyl (C=O) groups is 1. The van der Waals surface area contributed by atoms with E-state index in [0.717, 1.165) is 16.6 Å². The molecule has 16 heavy (non-hydrogen) atoms. The molecule has 0 fully saturated rings. The Kier molecular flexibility index (Phi) is 5.87. The van der Waals surface area contributed by atoms with E-state index in [1.54, 1.807) is 18.8 Å². The molecule has 88 valence electrons. The van der Waals surface area contributed by atoms with Crippen molar-refractivity contribution in [3.63, 3.8) is 0 Å². The van der Waals surface area contributed by atoms with Crippen LogP contribution in [0.1, 0.15) is 6.42 Å². The van der Waals surface area contributed by atoms with Crippen LogP contribution in [0.15, 0.2) is 33.6 Å². The van der Waals surface area contributed by atoms with Gasteiger partial charge in [0.15, 0.2) is 0 Å². The van der Waals surface area contributed by atoms with Crippen molar-refractivity contribution >= 4 is 33.6 Å². The topological polar surface area (TPSA) is 55.1 Å². The molecule has 0 saturated heterocycles. The summed E-state index contributed by atoms with van der Waals surface area (Å²) in [4.78, 5) is 12.2. The SMILES string of the molecule is CNC(CCSc1ccccc1Br)C(N)=O. The van der Waals surface area contributed by atoms with Gasteiger partial charge in [-0.05, 0) is 41.5 Å². The fourth-order valence-corrected chi connectivity index (χ4v) is 2.86. The smallest absolute Gasteiger partial charge is 0.234 e. The van der Waals surface area contributed by atoms with Crippen LogP contribution in [0.5, 0.6) is 0 Å². The minimum absolute atomic E-state index is 0.241. The largest absolute Gasteiger partial charge is 0.368 e. The number of halogens is 1. The van der Waals surface area contributed by atoms with Crippen molar-refractivity contribution in [1.29, 1.82) is 0 Å². The number of primary amides is 1. The van der Waals surface area contributed by atoms with Gasteiger partial charge in [0, 0.05) is 15.1 Å². The molecule has 0 heterocycles. The van der Waals surface area contributed by atoms with Crippen LogP contribution >= 0.6 is 27.7 Å². The molecule has 1 aromatic rings. The minimum atomic E-state index is -0.296. The summed E-state index contributed by atoms with van der Waals surface area (Å²) in [5.74, 6) is 0.562. The van der Waals surface area contributed by atoms with E-state index in [9.17, 15) is 4.79 Å². The molecule has 0 bridgehead atoms. The fraction of sp³-hybridized carbons (Fsp3) is 0.364. The van der Waals surface area contributed by atoms with Gasteiger partial charge in [0.1, 0.15) is 0 Å². The molecule has 0 aliphatic carbocycles. The van der Waals surface area contributed by atoms with E-state index in [1.165, 1.54) is 4.90 Å². The van der Waals surface area contributed by atoms with Gasteiger partial charge in [-0.1, -0.05) is 12.1 Å². The van der Waals surface area contributed by atoms with E-state index in [-0.39, 0.29) is 11.9 Å². The number of amides is 1. The van der Waals surface area contributed by atoms with E-state index < -0.39 is 0 Å². The van der Waals surface area contributed by atoms with E-state index in [1.807, 2.05) is 24.3 Å². The van der Waals surface area contributed by atoms with Crippen LogP contribution in [0.2, 0.25) is 0 Å². The lowest BCUT2D eigenvalue weighted by atomic mass is 10.2. The second-order valence-corrected chi connectivity index (χ2v) is 5.30. The number of carbonyl (C=O) groups excluding carboxylic acids is 1. The van der Waals surface area contributed by atoms with Gasteiger partial charge in [0.2, 0.25) is 5.91 Å². The van der Waals surface area contributed by atoms with Crippen LogP contribution in [0, 0.1) is 0 Å². The lowest BCUT2D eigenvalue weighted by Gasteiger charge is -2.11. The lowest BCUT2D eigenvalue weighted by Crippen LogP contribution is -2.39. The van der Waals surface area contributed by atoms with Gasteiger partial charge in [-0.2, -0.15) is 0 Å². The first-order valence-corrected chi connectivity index (χ1v) is 6.77. The third-order valence-electron chi connectivity index (χ3n) is 2.19. The quantitative estimate of drug-likeness (QED) is 0.790. The zero-order valence-corrected chi connectivity index (χ0v) is 11.5. The summed E-state index contributed by atoms with van der Waals surface area (Å²) in [6.45, 7) is 0. The van der Waals surface area contributed by atoms with Crippen molar-refractivity contribution in [1.82, 2.24) is 5.32 Å². The fourth-order valence-electron chi connectivity index (χ4n) is 1.28. The molecule has 1 aromatic carbocycles. The molecule has 1 amide bonds. The number of thioether (sulfide) groups is 1. The first kappa shape index (κ1) is 13.5. The van der Waals surface area contributed by atoms with Gasteiger partial charge >= 0.3 is 0 Å². The molecule has 1 rings (SSSR count). The van der Waals surface area contributed by atoms with Gasteiger partial charge in [0.25, 0.3) is 0 Å². The van der Waals surface area contributed by atoms with Crippen molar-refractivity contribution < 1.29 is 4.79 Å². The molecular formula is C11H15BrN2OS. The first-order valence-electron chi connectivity index (χ1n) is 4.99. The summed E-state index contributed by atoms with van der Waals surface area (Å²) in [6.07, 6.45) is 0.734. The van der Waals surface area contributed by atoms with Gasteiger partial charge in [-0.3, -0.25) is 4.79 Å². The van der Waals surface area contributed by atoms with Crippen molar-refractivity contribution in [2.24, 2.45) is 5.73 Å². The van der Waals surface area contributed by atoms with Crippen LogP contribution in [-0.2, 0) is 4.79 Å². The second-order valence-electron chi connectivity index (χ2n) is 3.31. The number of hydrogen-bond donors (Lipinski definition) is 2. The van der Waals surface area contributed by atoms with Crippen LogP contribution < -0.4 is 11.1 Å². The highest BCUT2D eigenvalue weighted by Gasteiger charge is 2.12. The Morgan fingerprint density at radius 2 is 2.25 bits per heavy atom. The van der Waals surface area contributed by atoms with Crippen molar-refractivity contribution in [2.45, 2.75) is 17.4 Å². The number of benzene rings is 1. The Labute approximate surface area is 108 Å². The van der Waals surface area contributed by atoms with E-state index in [0.29, 0.717) is 0 Å². The molecule has 0 aliphatic heterocycles. The maximum atomic E-state index is 11.0. The average Bonchev–Trinajstić information content (AvgIpc) is 2.26. The van der Waals surface area contributed by atoms with E-state index in [2.05, 4.69) is 21.2 Å². The maximum absolute atomic E-state index is 11.0. The number of hydrogen-bond acceptors (Lipinski definition) is 3. The van der Waals surface area contributed by atoms with Gasteiger partial charge in [-0.15, -0.1) is 11.8 Å². The van der Waals surface area contributed by atoms with Gasteiger partial charge in [-0.25, -0.2) is 0 Å². The van der Waals surface area contributed by atoms with Crippen LogP contribution in [0.25, 0.3) is 0 Å². The predicted octanol–water partition coefficient (Wildman–Crippen LogP) is 2.00. The molecule has 3 N–H and O–H groups in total. The van der Waals surface area contributed by atoms with Gasteiger partial charge in [0.05, 0.1) is 6.04 Å². The molecule has 1 atom stereocenters. The monoisotopic (exact) mass is 302 g/mol. The highest BCUT2D eigenvalue weighted by molar-refractivity contribution is 9.10. The van der Waals surface area contributed by atoms with Crippen molar-refractivity contribution in [3.05, 3.63) is 28.7 Å². The number of rotatable bonds is 6. The Hall–Kier alpha value is -0.520. The molecule has 1 unspecified atom stereocenters. The third kappa shape index (κ3) is 4.15. The van der Waals surface area contributed by atoms with E-state index >= 15 is 0 Å². The molecule has 5 heteroatoms. The summed E-state index contributed by atoms with van der Waals surface area (Å²) < 4.78 is 1.08. The molecule has 0 radical (unpaired) electrons. The molecule has 3 nitrogen and oxygen atoms in total. The van der Waals surface area contributed by atoms with Crippen molar-refractivity contribution in [3.8, 4) is 0 Å². The van der Waals surface area contributed by atoms with Crippen LogP contribution in [0.4, 0.5) is 0 Å². The molecule has 0 saturated carbocycles. The molecule has 0 aromatic heterocycles. The standard InChI is InChI=1S/C11H15BrN2OS/c1-14-9(11(13)15)6-7-16-10-5-3-2-4-8(10)12/h2-5,9,14H,6-7H2,1H3,(H2,13,15). The zero-order valence-electron chi connectivity index (χ0n) is 9.07. The summed E-state index contributed by atoms with van der Waals surface area (Å²) >= 11 is 5.19. The molecular weight excluding hydrogens is 288 g/mol. The third-order valence-corrected chi connectivity index (χ3v) is 4.25. The van der Waals surface area contributed by atoms with Crippen molar-refractivity contribution in [2.75, 3.05) is 12.8 Å². The summed E-state index contributed by atoms with van der Waals surface area (Å²) in [6, 6.07) is 7.79. The zero-order chi connectivity index (χ0) is 12.0. The Balaban J connectivity index is 2.41. The normalized spacial score (nSPS) is 12.4. The number of nitrogens with one attached hydrogen (secondary N) is 1. The second kappa shape index (κ2) is 6.93. The van der Waals surface area contributed by atoms with Crippen LogP contribution in [-0.4, -0.2) is 24.7 Å². The predicted molar refractivity (Wildman–Crippen MR) is 71.5 cm³/mol. The lowest BCUT2D eigenvalue weighted by molar-refractivity contribution is -0.119. The average molecular weight is 303 g/mol. The highest BCUT2D eigenvalue weighted by Crippen LogP contribution is 2.27. The Bertz CT molecular complexity index is 360. The maximum Gasteiger partial charge on any atom is 0.234 e.